The summed E-state index contributed by atoms with van der Waals surface area (Å²) in [7, 11) is -0.731. The number of rotatable bonds is 7. The summed E-state index contributed by atoms with van der Waals surface area (Å²) in [6.45, 7) is 0. The molecular weight excluding hydrogens is 329 g/mol. The molecule has 1 aromatic carbocycles. The number of benzene rings is 1. The molecule has 0 atom stereocenters. The van der Waals surface area contributed by atoms with Gasteiger partial charge in [-0.25, -0.2) is 0 Å². The lowest BCUT2D eigenvalue weighted by Gasteiger charge is -2.28. The molecule has 1 aromatic rings. The molecule has 2 rings (SSSR count). The van der Waals surface area contributed by atoms with Crippen LogP contribution in [0.5, 0.6) is 0 Å². The summed E-state index contributed by atoms with van der Waals surface area (Å²) in [5.41, 5.74) is 0.636. The molecule has 0 spiro atoms. The first-order chi connectivity index (χ1) is 11.5. The lowest BCUT2D eigenvalue weighted by atomic mass is 9.84. The molecule has 1 N–H and O–H groups in total. The van der Waals surface area contributed by atoms with E-state index in [2.05, 4.69) is 5.32 Å². The van der Waals surface area contributed by atoms with Gasteiger partial charge in [0.05, 0.1) is 0 Å². The zero-order chi connectivity index (χ0) is 17.6. The van der Waals surface area contributed by atoms with Crippen LogP contribution >= 0.6 is 7.60 Å². The van der Waals surface area contributed by atoms with E-state index in [1.54, 1.807) is 12.1 Å². The fourth-order valence-electron chi connectivity index (χ4n) is 2.94. The van der Waals surface area contributed by atoms with E-state index in [0.29, 0.717) is 18.4 Å². The molecule has 0 radical (unpaired) electrons. The Kier molecular flexibility index (Phi) is 6.72. The maximum atomic E-state index is 12.3. The molecule has 1 aliphatic carbocycles. The normalized spacial score (nSPS) is 21.2. The van der Waals surface area contributed by atoms with Gasteiger partial charge in [-0.1, -0.05) is 18.2 Å². The Labute approximate surface area is 142 Å². The van der Waals surface area contributed by atoms with E-state index in [9.17, 15) is 14.2 Å². The third kappa shape index (κ3) is 5.00. The minimum atomic E-state index is -3.30. The zero-order valence-corrected chi connectivity index (χ0v) is 15.0. The molecule has 24 heavy (non-hydrogen) atoms. The second kappa shape index (κ2) is 8.56. The van der Waals surface area contributed by atoms with E-state index in [1.165, 1.54) is 14.2 Å². The molecule has 0 saturated heterocycles. The highest BCUT2D eigenvalue weighted by molar-refractivity contribution is 7.54. The Hall–Kier alpha value is -1.49. The first-order valence-corrected chi connectivity index (χ1v) is 9.79. The molecule has 132 valence electrons. The van der Waals surface area contributed by atoms with Gasteiger partial charge in [-0.2, -0.15) is 0 Å². The van der Waals surface area contributed by atoms with E-state index < -0.39 is 7.60 Å². The molecule has 0 heterocycles. The lowest BCUT2D eigenvalue weighted by molar-refractivity contribution is -0.121. The van der Waals surface area contributed by atoms with Crippen molar-refractivity contribution in [3.63, 3.8) is 0 Å². The number of ketones is 1. The molecule has 0 unspecified atom stereocenters. The molecule has 0 bridgehead atoms. The Morgan fingerprint density at radius 1 is 1.08 bits per heavy atom. The van der Waals surface area contributed by atoms with Crippen molar-refractivity contribution in [1.82, 2.24) is 5.32 Å². The average Bonchev–Trinajstić information content (AvgIpc) is 2.62. The van der Waals surface area contributed by atoms with Crippen LogP contribution in [0.15, 0.2) is 30.3 Å². The summed E-state index contributed by atoms with van der Waals surface area (Å²) in [6, 6.07) is 9.14. The Bertz CT molecular complexity index is 603. The van der Waals surface area contributed by atoms with Crippen molar-refractivity contribution in [2.45, 2.75) is 31.7 Å². The van der Waals surface area contributed by atoms with Crippen LogP contribution in [0, 0.1) is 5.92 Å². The third-order valence-corrected chi connectivity index (χ3v) is 6.27. The van der Waals surface area contributed by atoms with Crippen LogP contribution in [-0.2, 0) is 18.4 Å². The topological polar surface area (TPSA) is 81.7 Å². The fraction of sp³-hybridized carbons (Fsp3) is 0.529. The summed E-state index contributed by atoms with van der Waals surface area (Å²) < 4.78 is 21.7. The van der Waals surface area contributed by atoms with Crippen LogP contribution in [-0.4, -0.2) is 38.1 Å². The first kappa shape index (κ1) is 18.8. The number of carbonyl (C=O) groups is 2. The van der Waals surface area contributed by atoms with Crippen molar-refractivity contribution in [3.05, 3.63) is 35.9 Å². The first-order valence-electron chi connectivity index (χ1n) is 8.06. The second-order valence-corrected chi connectivity index (χ2v) is 8.26. The van der Waals surface area contributed by atoms with Crippen molar-refractivity contribution < 1.29 is 23.2 Å². The number of Topliss-reactive ketones (excluding diaryl/α,β-unsaturated/α-hetero) is 1. The molecule has 0 aromatic heterocycles. The minimum absolute atomic E-state index is 0.0680. The summed E-state index contributed by atoms with van der Waals surface area (Å²) in [5.74, 6) is -0.322. The Morgan fingerprint density at radius 2 is 1.67 bits per heavy atom. The Balaban J connectivity index is 1.82. The van der Waals surface area contributed by atoms with Crippen molar-refractivity contribution in [2.75, 3.05) is 20.4 Å². The van der Waals surface area contributed by atoms with Gasteiger partial charge in [0.1, 0.15) is 11.9 Å². The van der Waals surface area contributed by atoms with Crippen LogP contribution in [0.4, 0.5) is 0 Å². The number of carbonyl (C=O) groups excluding carboxylic acids is 2. The van der Waals surface area contributed by atoms with Crippen LogP contribution in [0.3, 0.4) is 0 Å². The quantitative estimate of drug-likeness (QED) is 0.762. The van der Waals surface area contributed by atoms with E-state index in [0.717, 1.165) is 12.8 Å². The van der Waals surface area contributed by atoms with Crippen molar-refractivity contribution in [3.8, 4) is 0 Å². The number of hydrogen-bond donors (Lipinski definition) is 1. The molecule has 0 aliphatic heterocycles. The number of hydrogen-bond acceptors (Lipinski definition) is 5. The molecule has 7 heteroatoms. The van der Waals surface area contributed by atoms with Crippen molar-refractivity contribution in [1.29, 1.82) is 0 Å². The average molecular weight is 353 g/mol. The van der Waals surface area contributed by atoms with Crippen LogP contribution in [0.2, 0.25) is 0 Å². The standard InChI is InChI=1S/C17H24NO5P/c1-22-24(21,23-2)12-16(19)13-8-10-15(11-9-13)18-17(20)14-6-4-3-5-7-14/h3-7,13,15H,8-12H2,1-2H3,(H,18,20)/t13-,15+. The van der Waals surface area contributed by atoms with Gasteiger partial charge < -0.3 is 14.4 Å². The summed E-state index contributed by atoms with van der Waals surface area (Å²) in [4.78, 5) is 24.4. The van der Waals surface area contributed by atoms with Gasteiger partial charge in [0.15, 0.2) is 0 Å². The van der Waals surface area contributed by atoms with Gasteiger partial charge in [-0.3, -0.25) is 14.2 Å². The van der Waals surface area contributed by atoms with E-state index in [-0.39, 0.29) is 29.8 Å². The van der Waals surface area contributed by atoms with Crippen molar-refractivity contribution in [2.24, 2.45) is 5.92 Å². The van der Waals surface area contributed by atoms with Gasteiger partial charge in [0.2, 0.25) is 0 Å². The highest BCUT2D eigenvalue weighted by atomic mass is 31.2. The molecule has 1 aliphatic rings. The zero-order valence-electron chi connectivity index (χ0n) is 14.1. The lowest BCUT2D eigenvalue weighted by Crippen LogP contribution is -2.39. The van der Waals surface area contributed by atoms with Crippen LogP contribution in [0.1, 0.15) is 36.0 Å². The minimum Gasteiger partial charge on any atom is -0.349 e. The third-order valence-electron chi connectivity index (χ3n) is 4.46. The van der Waals surface area contributed by atoms with E-state index in [4.69, 9.17) is 9.05 Å². The van der Waals surface area contributed by atoms with Gasteiger partial charge in [0.25, 0.3) is 5.91 Å². The van der Waals surface area contributed by atoms with E-state index in [1.807, 2.05) is 18.2 Å². The van der Waals surface area contributed by atoms with E-state index >= 15 is 0 Å². The summed E-state index contributed by atoms with van der Waals surface area (Å²) in [6.07, 6.45) is 2.63. The predicted molar refractivity (Wildman–Crippen MR) is 91.2 cm³/mol. The molecule has 6 nitrogen and oxygen atoms in total. The SMILES string of the molecule is COP(=O)(CC(=O)[C@H]1CC[C@@H](NC(=O)c2ccccc2)CC1)OC. The molecule has 1 amide bonds. The maximum Gasteiger partial charge on any atom is 0.337 e. The Morgan fingerprint density at radius 3 is 2.21 bits per heavy atom. The smallest absolute Gasteiger partial charge is 0.337 e. The van der Waals surface area contributed by atoms with Gasteiger partial charge in [-0.15, -0.1) is 0 Å². The van der Waals surface area contributed by atoms with Gasteiger partial charge >= 0.3 is 7.60 Å². The molecule has 1 fully saturated rings. The monoisotopic (exact) mass is 353 g/mol. The molecule has 1 saturated carbocycles. The highest BCUT2D eigenvalue weighted by Gasteiger charge is 2.32. The van der Waals surface area contributed by atoms with Gasteiger partial charge in [0, 0.05) is 31.7 Å². The summed E-state index contributed by atoms with van der Waals surface area (Å²) in [5, 5.41) is 3.01. The number of nitrogens with one attached hydrogen (secondary N) is 1. The highest BCUT2D eigenvalue weighted by Crippen LogP contribution is 2.47. The fourth-order valence-corrected chi connectivity index (χ4v) is 3.99. The maximum absolute atomic E-state index is 12.3. The van der Waals surface area contributed by atoms with Gasteiger partial charge in [-0.05, 0) is 37.8 Å². The predicted octanol–water partition coefficient (Wildman–Crippen LogP) is 3.03. The largest absolute Gasteiger partial charge is 0.349 e. The second-order valence-electron chi connectivity index (χ2n) is 5.99. The number of amides is 1. The van der Waals surface area contributed by atoms with Crippen LogP contribution in [0.25, 0.3) is 0 Å². The van der Waals surface area contributed by atoms with Crippen molar-refractivity contribution >= 4 is 19.3 Å². The summed E-state index contributed by atoms with van der Waals surface area (Å²) >= 11 is 0. The molecular formula is C17H24NO5P. The van der Waals surface area contributed by atoms with Crippen LogP contribution < -0.4 is 5.32 Å².